The van der Waals surface area contributed by atoms with Gasteiger partial charge in [0.05, 0.1) is 6.61 Å². The standard InChI is InChI=1S/C9H17F3N2O/c1-7(9(10,11)12)14-4-2-8(6-14)13-3-5-15/h7-8,13,15H,2-6H2,1H3. The molecule has 0 aromatic carbocycles. The summed E-state index contributed by atoms with van der Waals surface area (Å²) in [6.07, 6.45) is -3.44. The summed E-state index contributed by atoms with van der Waals surface area (Å²) in [5, 5.41) is 11.6. The monoisotopic (exact) mass is 226 g/mol. The molecule has 0 saturated carbocycles. The van der Waals surface area contributed by atoms with Gasteiger partial charge in [-0.05, 0) is 13.3 Å². The molecular weight excluding hydrogens is 209 g/mol. The van der Waals surface area contributed by atoms with Crippen molar-refractivity contribution < 1.29 is 18.3 Å². The van der Waals surface area contributed by atoms with E-state index in [-0.39, 0.29) is 12.6 Å². The van der Waals surface area contributed by atoms with E-state index in [0.717, 1.165) is 0 Å². The highest BCUT2D eigenvalue weighted by molar-refractivity contribution is 4.86. The number of likely N-dealkylation sites (tertiary alicyclic amines) is 1. The molecule has 1 fully saturated rings. The summed E-state index contributed by atoms with van der Waals surface area (Å²) in [5.74, 6) is 0. The van der Waals surface area contributed by atoms with Crippen LogP contribution >= 0.6 is 0 Å². The van der Waals surface area contributed by atoms with E-state index < -0.39 is 12.2 Å². The largest absolute Gasteiger partial charge is 0.403 e. The maximum absolute atomic E-state index is 12.4. The second kappa shape index (κ2) is 5.14. The summed E-state index contributed by atoms with van der Waals surface area (Å²) in [6.45, 7) is 2.52. The van der Waals surface area contributed by atoms with E-state index in [2.05, 4.69) is 5.32 Å². The smallest absolute Gasteiger partial charge is 0.395 e. The molecule has 0 aromatic heterocycles. The third kappa shape index (κ3) is 3.62. The van der Waals surface area contributed by atoms with Crippen LogP contribution in [-0.4, -0.2) is 54.5 Å². The number of rotatable bonds is 4. The Morgan fingerprint density at radius 2 is 2.20 bits per heavy atom. The van der Waals surface area contributed by atoms with E-state index in [1.807, 2.05) is 0 Å². The first-order chi connectivity index (χ1) is 6.95. The molecule has 2 atom stereocenters. The normalized spacial score (nSPS) is 25.8. The van der Waals surface area contributed by atoms with Gasteiger partial charge in [-0.25, -0.2) is 0 Å². The molecule has 0 aromatic rings. The highest BCUT2D eigenvalue weighted by Crippen LogP contribution is 2.26. The number of nitrogens with one attached hydrogen (secondary N) is 1. The van der Waals surface area contributed by atoms with Crippen LogP contribution in [0.25, 0.3) is 0 Å². The van der Waals surface area contributed by atoms with E-state index in [9.17, 15) is 13.2 Å². The fourth-order valence-electron chi connectivity index (χ4n) is 1.78. The van der Waals surface area contributed by atoms with Gasteiger partial charge in [0.15, 0.2) is 0 Å². The van der Waals surface area contributed by atoms with Gasteiger partial charge in [-0.1, -0.05) is 0 Å². The van der Waals surface area contributed by atoms with E-state index in [0.29, 0.717) is 26.1 Å². The van der Waals surface area contributed by atoms with Gasteiger partial charge in [-0.3, -0.25) is 4.90 Å². The molecule has 2 unspecified atom stereocenters. The molecule has 1 heterocycles. The fourth-order valence-corrected chi connectivity index (χ4v) is 1.78. The van der Waals surface area contributed by atoms with Crippen LogP contribution in [-0.2, 0) is 0 Å². The summed E-state index contributed by atoms with van der Waals surface area (Å²) in [5.41, 5.74) is 0. The Morgan fingerprint density at radius 3 is 2.73 bits per heavy atom. The Balaban J connectivity index is 2.35. The zero-order valence-corrected chi connectivity index (χ0v) is 8.72. The summed E-state index contributed by atoms with van der Waals surface area (Å²) in [7, 11) is 0. The van der Waals surface area contributed by atoms with Crippen molar-refractivity contribution in [2.45, 2.75) is 31.6 Å². The van der Waals surface area contributed by atoms with Gasteiger partial charge >= 0.3 is 6.18 Å². The minimum atomic E-state index is -4.15. The number of aliphatic hydroxyl groups excluding tert-OH is 1. The summed E-state index contributed by atoms with van der Waals surface area (Å²) in [4.78, 5) is 1.43. The first-order valence-electron chi connectivity index (χ1n) is 5.10. The second-order valence-electron chi connectivity index (χ2n) is 3.88. The summed E-state index contributed by atoms with van der Waals surface area (Å²) < 4.78 is 37.1. The zero-order valence-electron chi connectivity index (χ0n) is 8.72. The number of aliphatic hydroxyl groups is 1. The van der Waals surface area contributed by atoms with Crippen molar-refractivity contribution in [2.24, 2.45) is 0 Å². The van der Waals surface area contributed by atoms with Crippen molar-refractivity contribution in [2.75, 3.05) is 26.2 Å². The van der Waals surface area contributed by atoms with Gasteiger partial charge in [0.1, 0.15) is 6.04 Å². The number of alkyl halides is 3. The molecule has 1 rings (SSSR count). The Bertz CT molecular complexity index is 198. The number of hydrogen-bond donors (Lipinski definition) is 2. The molecule has 3 nitrogen and oxygen atoms in total. The molecule has 1 saturated heterocycles. The quantitative estimate of drug-likeness (QED) is 0.736. The minimum absolute atomic E-state index is 0.0192. The average molecular weight is 226 g/mol. The van der Waals surface area contributed by atoms with E-state index >= 15 is 0 Å². The molecule has 0 radical (unpaired) electrons. The van der Waals surface area contributed by atoms with Crippen molar-refractivity contribution in [1.82, 2.24) is 10.2 Å². The van der Waals surface area contributed by atoms with Crippen molar-refractivity contribution in [3.05, 3.63) is 0 Å². The lowest BCUT2D eigenvalue weighted by Crippen LogP contribution is -2.44. The number of halogens is 3. The van der Waals surface area contributed by atoms with Crippen molar-refractivity contribution >= 4 is 0 Å². The predicted molar refractivity (Wildman–Crippen MR) is 50.6 cm³/mol. The molecule has 0 amide bonds. The second-order valence-corrected chi connectivity index (χ2v) is 3.88. The molecule has 0 aliphatic carbocycles. The maximum Gasteiger partial charge on any atom is 0.403 e. The van der Waals surface area contributed by atoms with Gasteiger partial charge in [0.2, 0.25) is 0 Å². The lowest BCUT2D eigenvalue weighted by atomic mass is 10.2. The third-order valence-corrected chi connectivity index (χ3v) is 2.79. The molecular formula is C9H17F3N2O. The molecule has 1 aliphatic rings. The summed E-state index contributed by atoms with van der Waals surface area (Å²) in [6, 6.07) is -1.31. The average Bonchev–Trinajstić information content (AvgIpc) is 2.60. The fraction of sp³-hybridized carbons (Fsp3) is 1.00. The SMILES string of the molecule is CC(N1CCC(NCCO)C1)C(F)(F)F. The molecule has 1 aliphatic heterocycles. The Hall–Kier alpha value is -0.330. The molecule has 90 valence electrons. The van der Waals surface area contributed by atoms with Crippen LogP contribution in [0.1, 0.15) is 13.3 Å². The zero-order chi connectivity index (χ0) is 11.5. The lowest BCUT2D eigenvalue weighted by Gasteiger charge is -2.26. The lowest BCUT2D eigenvalue weighted by molar-refractivity contribution is -0.176. The topological polar surface area (TPSA) is 35.5 Å². The predicted octanol–water partition coefficient (Wildman–Crippen LogP) is 0.593. The number of hydrogen-bond acceptors (Lipinski definition) is 3. The van der Waals surface area contributed by atoms with Crippen molar-refractivity contribution in [3.63, 3.8) is 0 Å². The Morgan fingerprint density at radius 1 is 1.53 bits per heavy atom. The van der Waals surface area contributed by atoms with Gasteiger partial charge in [-0.15, -0.1) is 0 Å². The van der Waals surface area contributed by atoms with Crippen LogP contribution in [0.15, 0.2) is 0 Å². The molecule has 0 bridgehead atoms. The van der Waals surface area contributed by atoms with Crippen LogP contribution < -0.4 is 5.32 Å². The first-order valence-corrected chi connectivity index (χ1v) is 5.10. The van der Waals surface area contributed by atoms with Gasteiger partial charge in [-0.2, -0.15) is 13.2 Å². The van der Waals surface area contributed by atoms with Crippen LogP contribution in [0, 0.1) is 0 Å². The van der Waals surface area contributed by atoms with E-state index in [4.69, 9.17) is 5.11 Å². The summed E-state index contributed by atoms with van der Waals surface area (Å²) >= 11 is 0. The first kappa shape index (κ1) is 12.7. The minimum Gasteiger partial charge on any atom is -0.395 e. The highest BCUT2D eigenvalue weighted by atomic mass is 19.4. The van der Waals surface area contributed by atoms with Crippen LogP contribution in [0.3, 0.4) is 0 Å². The molecule has 2 N–H and O–H groups in total. The van der Waals surface area contributed by atoms with Gasteiger partial charge < -0.3 is 10.4 Å². The van der Waals surface area contributed by atoms with Crippen LogP contribution in [0.5, 0.6) is 0 Å². The van der Waals surface area contributed by atoms with Crippen molar-refractivity contribution in [1.29, 1.82) is 0 Å². The highest BCUT2D eigenvalue weighted by Gasteiger charge is 2.42. The maximum atomic E-state index is 12.4. The van der Waals surface area contributed by atoms with Gasteiger partial charge in [0, 0.05) is 25.7 Å². The Labute approximate surface area is 87.3 Å². The van der Waals surface area contributed by atoms with Gasteiger partial charge in [0.25, 0.3) is 0 Å². The molecule has 6 heteroatoms. The Kier molecular flexibility index (Phi) is 4.36. The van der Waals surface area contributed by atoms with Crippen LogP contribution in [0.4, 0.5) is 13.2 Å². The van der Waals surface area contributed by atoms with Crippen LogP contribution in [0.2, 0.25) is 0 Å². The third-order valence-electron chi connectivity index (χ3n) is 2.79. The van der Waals surface area contributed by atoms with E-state index in [1.165, 1.54) is 11.8 Å². The van der Waals surface area contributed by atoms with E-state index in [1.54, 1.807) is 0 Å². The molecule has 15 heavy (non-hydrogen) atoms. The number of nitrogens with zero attached hydrogens (tertiary/aromatic N) is 1. The van der Waals surface area contributed by atoms with Crippen molar-refractivity contribution in [3.8, 4) is 0 Å². The molecule has 0 spiro atoms.